The summed E-state index contributed by atoms with van der Waals surface area (Å²) in [6.45, 7) is 0. The molecule has 10 aromatic rings. The second-order valence-electron chi connectivity index (χ2n) is 12.5. The van der Waals surface area contributed by atoms with Gasteiger partial charge in [0.25, 0.3) is 0 Å². The van der Waals surface area contributed by atoms with Crippen molar-refractivity contribution in [3.05, 3.63) is 170 Å². The van der Waals surface area contributed by atoms with Crippen molar-refractivity contribution < 1.29 is 0 Å². The first kappa shape index (κ1) is 26.8. The summed E-state index contributed by atoms with van der Waals surface area (Å²) in [6.07, 6.45) is 0. The van der Waals surface area contributed by atoms with E-state index in [4.69, 9.17) is 9.97 Å². The standard InChI is InChI=1S/C46H28N2/c1-2-13-30(14-3-1)46-47-43(32-23-24-39-37-20-9-8-18-35(37)36-19-10-11-21-38(36)42(39)27-32)28-44(48-46)45-34-17-7-5-15-31(34)26-41-33-16-6-4-12-29(33)22-25-40(41)45/h1-28H. The van der Waals surface area contributed by atoms with Crippen LogP contribution in [0.3, 0.4) is 0 Å². The third-order valence-corrected chi connectivity index (χ3v) is 9.82. The lowest BCUT2D eigenvalue weighted by molar-refractivity contribution is 1.19. The molecule has 0 spiro atoms. The highest BCUT2D eigenvalue weighted by molar-refractivity contribution is 6.26. The molecule has 0 aliphatic heterocycles. The number of hydrogen-bond acceptors (Lipinski definition) is 2. The molecule has 9 aromatic carbocycles. The summed E-state index contributed by atoms with van der Waals surface area (Å²) in [5.41, 5.74) is 5.01. The highest BCUT2D eigenvalue weighted by atomic mass is 14.9. The second kappa shape index (κ2) is 10.6. The van der Waals surface area contributed by atoms with Gasteiger partial charge in [0.2, 0.25) is 0 Å². The fourth-order valence-electron chi connectivity index (χ4n) is 7.60. The van der Waals surface area contributed by atoms with Crippen molar-refractivity contribution >= 4 is 64.6 Å². The second-order valence-corrected chi connectivity index (χ2v) is 12.5. The topological polar surface area (TPSA) is 25.8 Å². The van der Waals surface area contributed by atoms with Crippen LogP contribution in [0.2, 0.25) is 0 Å². The molecular formula is C46H28N2. The van der Waals surface area contributed by atoms with Crippen LogP contribution < -0.4 is 0 Å². The molecule has 1 aromatic heterocycles. The van der Waals surface area contributed by atoms with Gasteiger partial charge in [-0.1, -0.05) is 152 Å². The van der Waals surface area contributed by atoms with Crippen LogP contribution in [0.25, 0.3) is 98.5 Å². The van der Waals surface area contributed by atoms with E-state index >= 15 is 0 Å². The van der Waals surface area contributed by atoms with E-state index in [-0.39, 0.29) is 0 Å². The molecule has 2 heteroatoms. The smallest absolute Gasteiger partial charge is 0.160 e. The Bertz CT molecular complexity index is 2850. The minimum atomic E-state index is 0.716. The number of benzene rings is 9. The maximum Gasteiger partial charge on any atom is 0.160 e. The Labute approximate surface area is 277 Å². The van der Waals surface area contributed by atoms with E-state index in [0.29, 0.717) is 5.82 Å². The Morgan fingerprint density at radius 1 is 0.271 bits per heavy atom. The lowest BCUT2D eigenvalue weighted by Crippen LogP contribution is -1.97. The number of aromatic nitrogens is 2. The fourth-order valence-corrected chi connectivity index (χ4v) is 7.60. The van der Waals surface area contributed by atoms with Crippen LogP contribution in [-0.2, 0) is 0 Å². The maximum absolute atomic E-state index is 5.32. The zero-order valence-electron chi connectivity index (χ0n) is 26.1. The Morgan fingerprint density at radius 3 is 1.52 bits per heavy atom. The average molecular weight is 609 g/mol. The van der Waals surface area contributed by atoms with E-state index in [1.165, 1.54) is 64.6 Å². The molecule has 0 radical (unpaired) electrons. The Hall–Kier alpha value is -6.38. The lowest BCUT2D eigenvalue weighted by Gasteiger charge is -2.16. The first-order chi connectivity index (χ1) is 23.8. The molecule has 1 heterocycles. The molecule has 0 aliphatic carbocycles. The minimum Gasteiger partial charge on any atom is -0.228 e. The van der Waals surface area contributed by atoms with Crippen molar-refractivity contribution in [2.45, 2.75) is 0 Å². The molecule has 222 valence electrons. The van der Waals surface area contributed by atoms with Gasteiger partial charge < -0.3 is 0 Å². The van der Waals surface area contributed by atoms with Gasteiger partial charge in [-0.05, 0) is 82.8 Å². The molecule has 0 N–H and O–H groups in total. The van der Waals surface area contributed by atoms with Crippen molar-refractivity contribution in [1.82, 2.24) is 9.97 Å². The minimum absolute atomic E-state index is 0.716. The zero-order valence-corrected chi connectivity index (χ0v) is 26.1. The third kappa shape index (κ3) is 4.13. The summed E-state index contributed by atoms with van der Waals surface area (Å²) < 4.78 is 0. The number of rotatable bonds is 3. The van der Waals surface area contributed by atoms with E-state index in [1.54, 1.807) is 0 Å². The van der Waals surface area contributed by atoms with Crippen LogP contribution in [0.15, 0.2) is 170 Å². The van der Waals surface area contributed by atoms with E-state index in [9.17, 15) is 0 Å². The normalized spacial score (nSPS) is 11.8. The molecular weight excluding hydrogens is 581 g/mol. The average Bonchev–Trinajstić information content (AvgIpc) is 3.17. The fraction of sp³-hybridized carbons (Fsp3) is 0. The highest BCUT2D eigenvalue weighted by Crippen LogP contribution is 2.41. The van der Waals surface area contributed by atoms with Gasteiger partial charge in [0.15, 0.2) is 5.82 Å². The quantitative estimate of drug-likeness (QED) is 0.147. The predicted molar refractivity (Wildman–Crippen MR) is 203 cm³/mol. The molecule has 0 aliphatic rings. The van der Waals surface area contributed by atoms with Gasteiger partial charge in [-0.25, -0.2) is 9.97 Å². The van der Waals surface area contributed by atoms with E-state index in [0.717, 1.165) is 28.1 Å². The lowest BCUT2D eigenvalue weighted by atomic mass is 9.91. The molecule has 0 bridgehead atoms. The molecule has 10 rings (SSSR count). The molecule has 0 amide bonds. The van der Waals surface area contributed by atoms with Crippen molar-refractivity contribution in [2.24, 2.45) is 0 Å². The summed E-state index contributed by atoms with van der Waals surface area (Å²) in [5.74, 6) is 0.716. The van der Waals surface area contributed by atoms with E-state index in [2.05, 4.69) is 164 Å². The van der Waals surface area contributed by atoms with Gasteiger partial charge in [0, 0.05) is 16.7 Å². The van der Waals surface area contributed by atoms with Crippen LogP contribution in [0, 0.1) is 0 Å². The van der Waals surface area contributed by atoms with Gasteiger partial charge in [0.05, 0.1) is 11.4 Å². The Balaban J connectivity index is 1.30. The largest absolute Gasteiger partial charge is 0.228 e. The summed E-state index contributed by atoms with van der Waals surface area (Å²) in [7, 11) is 0. The molecule has 0 unspecified atom stereocenters. The summed E-state index contributed by atoms with van der Waals surface area (Å²) in [6, 6.07) is 60.9. The number of hydrogen-bond donors (Lipinski definition) is 0. The van der Waals surface area contributed by atoms with Crippen LogP contribution in [-0.4, -0.2) is 9.97 Å². The first-order valence-corrected chi connectivity index (χ1v) is 16.4. The first-order valence-electron chi connectivity index (χ1n) is 16.4. The molecule has 0 saturated carbocycles. The maximum atomic E-state index is 5.32. The van der Waals surface area contributed by atoms with E-state index < -0.39 is 0 Å². The monoisotopic (exact) mass is 608 g/mol. The predicted octanol–water partition coefficient (Wildman–Crippen LogP) is 12.4. The Kier molecular flexibility index (Phi) is 5.91. The van der Waals surface area contributed by atoms with E-state index in [1.807, 2.05) is 6.07 Å². The van der Waals surface area contributed by atoms with Crippen LogP contribution in [0.1, 0.15) is 0 Å². The molecule has 0 saturated heterocycles. The van der Waals surface area contributed by atoms with Gasteiger partial charge in [-0.2, -0.15) is 0 Å². The van der Waals surface area contributed by atoms with Gasteiger partial charge in [-0.3, -0.25) is 0 Å². The van der Waals surface area contributed by atoms with Crippen molar-refractivity contribution in [3.8, 4) is 33.9 Å². The molecule has 0 atom stereocenters. The van der Waals surface area contributed by atoms with Gasteiger partial charge >= 0.3 is 0 Å². The summed E-state index contributed by atoms with van der Waals surface area (Å²) >= 11 is 0. The molecule has 0 fully saturated rings. The summed E-state index contributed by atoms with van der Waals surface area (Å²) in [5, 5.41) is 14.8. The van der Waals surface area contributed by atoms with Crippen molar-refractivity contribution in [3.63, 3.8) is 0 Å². The highest BCUT2D eigenvalue weighted by Gasteiger charge is 2.18. The SMILES string of the molecule is c1ccc(-c2nc(-c3ccc4c5ccccc5c5ccccc5c4c3)cc(-c3c4ccccc4cc4c3ccc3ccccc34)n2)cc1. The third-order valence-electron chi connectivity index (χ3n) is 9.82. The van der Waals surface area contributed by atoms with Gasteiger partial charge in [-0.15, -0.1) is 0 Å². The van der Waals surface area contributed by atoms with Crippen molar-refractivity contribution in [2.75, 3.05) is 0 Å². The zero-order chi connectivity index (χ0) is 31.6. The van der Waals surface area contributed by atoms with Crippen molar-refractivity contribution in [1.29, 1.82) is 0 Å². The Morgan fingerprint density at radius 2 is 0.792 bits per heavy atom. The molecule has 2 nitrogen and oxygen atoms in total. The van der Waals surface area contributed by atoms with Crippen LogP contribution >= 0.6 is 0 Å². The molecule has 48 heavy (non-hydrogen) atoms. The van der Waals surface area contributed by atoms with Crippen LogP contribution in [0.5, 0.6) is 0 Å². The summed E-state index contributed by atoms with van der Waals surface area (Å²) in [4.78, 5) is 10.6. The van der Waals surface area contributed by atoms with Crippen LogP contribution in [0.4, 0.5) is 0 Å². The number of fused-ring (bicyclic) bond motifs is 10. The van der Waals surface area contributed by atoms with Gasteiger partial charge in [0.1, 0.15) is 0 Å². The number of nitrogens with zero attached hydrogens (tertiary/aromatic N) is 2.